The molecule has 0 radical (unpaired) electrons. The molecule has 8 heteroatoms. The summed E-state index contributed by atoms with van der Waals surface area (Å²) in [7, 11) is 0. The number of piperazine rings is 1. The molecule has 1 fully saturated rings. The van der Waals surface area contributed by atoms with E-state index in [4.69, 9.17) is 4.74 Å². The summed E-state index contributed by atoms with van der Waals surface area (Å²) < 4.78 is 7.86. The van der Waals surface area contributed by atoms with Crippen LogP contribution < -0.4 is 0 Å². The van der Waals surface area contributed by atoms with Gasteiger partial charge in [0.15, 0.2) is 0 Å². The van der Waals surface area contributed by atoms with E-state index >= 15 is 0 Å². The molecule has 7 nitrogen and oxygen atoms in total. The average Bonchev–Trinajstić information content (AvgIpc) is 2.81. The molecule has 1 aromatic heterocycles. The first-order valence-electron chi connectivity index (χ1n) is 8.25. The molecule has 134 valence electrons. The van der Waals surface area contributed by atoms with Gasteiger partial charge in [-0.3, -0.25) is 9.48 Å². The molecule has 0 saturated carbocycles. The third-order valence-corrected chi connectivity index (χ3v) is 5.43. The maximum atomic E-state index is 12.6. The fraction of sp³-hybridized carbons (Fsp3) is 0.688. The molecule has 0 N–H and O–H groups in total. The highest BCUT2D eigenvalue weighted by molar-refractivity contribution is 9.10. The first-order chi connectivity index (χ1) is 11.3. The molecule has 0 aromatic carbocycles. The summed E-state index contributed by atoms with van der Waals surface area (Å²) in [5.74, 6) is -0.0637. The van der Waals surface area contributed by atoms with E-state index in [0.717, 1.165) is 15.9 Å². The molecule has 1 aromatic rings. The monoisotopic (exact) mass is 400 g/mol. The van der Waals surface area contributed by atoms with Gasteiger partial charge in [-0.2, -0.15) is 5.10 Å². The number of rotatable bonds is 4. The Hall–Kier alpha value is -1.57. The van der Waals surface area contributed by atoms with Gasteiger partial charge in [-0.1, -0.05) is 6.92 Å². The minimum Gasteiger partial charge on any atom is -0.450 e. The Morgan fingerprint density at radius 3 is 2.29 bits per heavy atom. The molecule has 0 bridgehead atoms. The van der Waals surface area contributed by atoms with Crippen LogP contribution in [0.15, 0.2) is 4.47 Å². The topological polar surface area (TPSA) is 67.7 Å². The summed E-state index contributed by atoms with van der Waals surface area (Å²) >= 11 is 3.51. The zero-order chi connectivity index (χ0) is 17.9. The van der Waals surface area contributed by atoms with Crippen LogP contribution in [-0.4, -0.2) is 64.4 Å². The number of amides is 2. The van der Waals surface area contributed by atoms with Crippen molar-refractivity contribution in [3.8, 4) is 0 Å². The number of carbonyl (C=O) groups excluding carboxylic acids is 2. The van der Waals surface area contributed by atoms with Crippen molar-refractivity contribution in [3.05, 3.63) is 15.9 Å². The summed E-state index contributed by atoms with van der Waals surface area (Å²) in [5, 5.41) is 4.46. The molecule has 1 aliphatic heterocycles. The normalized spacial score (nSPS) is 16.2. The van der Waals surface area contributed by atoms with E-state index in [1.165, 1.54) is 0 Å². The average molecular weight is 401 g/mol. The van der Waals surface area contributed by atoms with Crippen LogP contribution in [0.5, 0.6) is 0 Å². The molecular formula is C16H25BrN4O3. The standard InChI is InChI=1S/C16H25BrN4O3/c1-5-24-16(23)20-8-6-19(7-9-20)15(22)11(2)10-21-13(4)14(17)12(3)18-21/h11H,5-10H2,1-4H3. The van der Waals surface area contributed by atoms with E-state index in [2.05, 4.69) is 21.0 Å². The van der Waals surface area contributed by atoms with Gasteiger partial charge in [-0.15, -0.1) is 0 Å². The highest BCUT2D eigenvalue weighted by Crippen LogP contribution is 2.21. The second kappa shape index (κ2) is 8.00. The largest absolute Gasteiger partial charge is 0.450 e. The fourth-order valence-corrected chi connectivity index (χ4v) is 3.11. The van der Waals surface area contributed by atoms with Crippen molar-refractivity contribution in [2.75, 3.05) is 32.8 Å². The summed E-state index contributed by atoms with van der Waals surface area (Å²) in [6, 6.07) is 0. The zero-order valence-electron chi connectivity index (χ0n) is 14.7. The predicted octanol–water partition coefficient (Wildman–Crippen LogP) is 2.20. The van der Waals surface area contributed by atoms with Crippen molar-refractivity contribution >= 4 is 27.9 Å². The Kier molecular flexibility index (Phi) is 6.26. The van der Waals surface area contributed by atoms with E-state index in [9.17, 15) is 9.59 Å². The molecule has 2 heterocycles. The summed E-state index contributed by atoms with van der Waals surface area (Å²) in [4.78, 5) is 27.8. The van der Waals surface area contributed by atoms with Gasteiger partial charge in [0.2, 0.25) is 5.91 Å². The Morgan fingerprint density at radius 1 is 1.21 bits per heavy atom. The van der Waals surface area contributed by atoms with Gasteiger partial charge >= 0.3 is 6.09 Å². The van der Waals surface area contributed by atoms with Gasteiger partial charge in [-0.25, -0.2) is 4.79 Å². The van der Waals surface area contributed by atoms with Gasteiger partial charge in [-0.05, 0) is 36.7 Å². The van der Waals surface area contributed by atoms with E-state index < -0.39 is 0 Å². The zero-order valence-corrected chi connectivity index (χ0v) is 16.3. The summed E-state index contributed by atoms with van der Waals surface area (Å²) in [6.45, 7) is 10.7. The molecule has 0 aliphatic carbocycles. The minimum atomic E-state index is -0.301. The number of hydrogen-bond acceptors (Lipinski definition) is 4. The lowest BCUT2D eigenvalue weighted by Crippen LogP contribution is -2.52. The Bertz CT molecular complexity index is 609. The molecule has 2 rings (SSSR count). The Labute approximate surface area is 151 Å². The third-order valence-electron chi connectivity index (χ3n) is 4.28. The van der Waals surface area contributed by atoms with Crippen LogP contribution in [0.25, 0.3) is 0 Å². The van der Waals surface area contributed by atoms with Crippen molar-refractivity contribution < 1.29 is 14.3 Å². The Balaban J connectivity index is 1.90. The van der Waals surface area contributed by atoms with Crippen LogP contribution in [0.2, 0.25) is 0 Å². The number of nitrogens with zero attached hydrogens (tertiary/aromatic N) is 4. The van der Waals surface area contributed by atoms with E-state index in [1.54, 1.807) is 11.8 Å². The van der Waals surface area contributed by atoms with Crippen molar-refractivity contribution in [2.45, 2.75) is 34.2 Å². The fourth-order valence-electron chi connectivity index (χ4n) is 2.83. The van der Waals surface area contributed by atoms with E-state index in [1.807, 2.05) is 30.4 Å². The SMILES string of the molecule is CCOC(=O)N1CCN(C(=O)C(C)Cn2nc(C)c(Br)c2C)CC1. The second-order valence-corrected chi connectivity index (χ2v) is 6.87. The maximum Gasteiger partial charge on any atom is 0.409 e. The predicted molar refractivity (Wildman–Crippen MR) is 93.7 cm³/mol. The highest BCUT2D eigenvalue weighted by atomic mass is 79.9. The van der Waals surface area contributed by atoms with Crippen LogP contribution in [0.1, 0.15) is 25.2 Å². The number of carbonyl (C=O) groups is 2. The maximum absolute atomic E-state index is 12.6. The highest BCUT2D eigenvalue weighted by Gasteiger charge is 2.28. The van der Waals surface area contributed by atoms with Crippen LogP contribution in [0, 0.1) is 19.8 Å². The summed E-state index contributed by atoms with van der Waals surface area (Å²) in [5.41, 5.74) is 1.95. The third kappa shape index (κ3) is 4.09. The van der Waals surface area contributed by atoms with Gasteiger partial charge in [0.05, 0.1) is 29.2 Å². The van der Waals surface area contributed by atoms with Gasteiger partial charge in [0, 0.05) is 31.9 Å². The lowest BCUT2D eigenvalue weighted by atomic mass is 10.1. The number of aromatic nitrogens is 2. The van der Waals surface area contributed by atoms with Crippen LogP contribution in [0.3, 0.4) is 0 Å². The van der Waals surface area contributed by atoms with Crippen LogP contribution >= 0.6 is 15.9 Å². The molecule has 2 amide bonds. The first-order valence-corrected chi connectivity index (χ1v) is 9.04. The summed E-state index contributed by atoms with van der Waals surface area (Å²) in [6.07, 6.45) is -0.301. The van der Waals surface area contributed by atoms with Gasteiger partial charge in [0.25, 0.3) is 0 Å². The lowest BCUT2D eigenvalue weighted by Gasteiger charge is -2.35. The van der Waals surface area contributed by atoms with Crippen LogP contribution in [0.4, 0.5) is 4.79 Å². The number of aryl methyl sites for hydroxylation is 1. The quantitative estimate of drug-likeness (QED) is 0.776. The van der Waals surface area contributed by atoms with Crippen molar-refractivity contribution in [1.82, 2.24) is 19.6 Å². The molecule has 1 saturated heterocycles. The minimum absolute atomic E-state index is 0.0992. The van der Waals surface area contributed by atoms with Crippen molar-refractivity contribution in [2.24, 2.45) is 5.92 Å². The first kappa shape index (κ1) is 18.8. The molecular weight excluding hydrogens is 376 g/mol. The molecule has 1 atom stereocenters. The molecule has 1 aliphatic rings. The molecule has 1 unspecified atom stereocenters. The van der Waals surface area contributed by atoms with Gasteiger partial charge < -0.3 is 14.5 Å². The van der Waals surface area contributed by atoms with E-state index in [-0.39, 0.29) is 17.9 Å². The van der Waals surface area contributed by atoms with Crippen molar-refractivity contribution in [1.29, 1.82) is 0 Å². The number of hydrogen-bond donors (Lipinski definition) is 0. The number of halogens is 1. The van der Waals surface area contributed by atoms with Crippen molar-refractivity contribution in [3.63, 3.8) is 0 Å². The second-order valence-electron chi connectivity index (χ2n) is 6.08. The van der Waals surface area contributed by atoms with Crippen LogP contribution in [-0.2, 0) is 16.1 Å². The van der Waals surface area contributed by atoms with Gasteiger partial charge in [0.1, 0.15) is 0 Å². The lowest BCUT2D eigenvalue weighted by molar-refractivity contribution is -0.137. The molecule has 24 heavy (non-hydrogen) atoms. The smallest absolute Gasteiger partial charge is 0.409 e. The Morgan fingerprint density at radius 2 is 1.79 bits per heavy atom. The van der Waals surface area contributed by atoms with E-state index in [0.29, 0.717) is 39.3 Å². The number of ether oxygens (including phenoxy) is 1. The molecule has 0 spiro atoms.